The Hall–Kier alpha value is -0.380. The zero-order valence-corrected chi connectivity index (χ0v) is 12.2. The van der Waals surface area contributed by atoms with Gasteiger partial charge < -0.3 is 10.1 Å². The zero-order chi connectivity index (χ0) is 12.6. The van der Waals surface area contributed by atoms with E-state index in [1.54, 1.807) is 0 Å². The molecule has 2 nitrogen and oxygen atoms in total. The fraction of sp³-hybridized carbons (Fsp3) is 0.733. The van der Waals surface area contributed by atoms with Crippen molar-refractivity contribution in [2.45, 2.75) is 45.1 Å². The van der Waals surface area contributed by atoms with E-state index >= 15 is 0 Å². The van der Waals surface area contributed by atoms with Crippen LogP contribution in [0.2, 0.25) is 0 Å². The molecule has 0 aromatic carbocycles. The number of thiophene rings is 1. The van der Waals surface area contributed by atoms with E-state index in [-0.39, 0.29) is 0 Å². The third kappa shape index (κ3) is 5.09. The summed E-state index contributed by atoms with van der Waals surface area (Å²) in [5.74, 6) is 0.911. The van der Waals surface area contributed by atoms with Gasteiger partial charge in [0.1, 0.15) is 0 Å². The molecule has 0 atom stereocenters. The van der Waals surface area contributed by atoms with Gasteiger partial charge >= 0.3 is 0 Å². The first-order valence-corrected chi connectivity index (χ1v) is 8.07. The summed E-state index contributed by atoms with van der Waals surface area (Å²) in [6.07, 6.45) is 6.87. The molecule has 0 radical (unpaired) electrons. The Balaban J connectivity index is 1.44. The van der Waals surface area contributed by atoms with Crippen molar-refractivity contribution in [1.82, 2.24) is 5.32 Å². The van der Waals surface area contributed by atoms with Gasteiger partial charge in [-0.15, -0.1) is 11.3 Å². The van der Waals surface area contributed by atoms with Gasteiger partial charge in [0.05, 0.1) is 12.7 Å². The van der Waals surface area contributed by atoms with Gasteiger partial charge in [-0.25, -0.2) is 0 Å². The van der Waals surface area contributed by atoms with Gasteiger partial charge in [0, 0.05) is 18.0 Å². The zero-order valence-electron chi connectivity index (χ0n) is 11.4. The molecule has 0 saturated heterocycles. The lowest BCUT2D eigenvalue weighted by Crippen LogP contribution is -2.26. The van der Waals surface area contributed by atoms with Crippen LogP contribution < -0.4 is 5.32 Å². The summed E-state index contributed by atoms with van der Waals surface area (Å²) in [4.78, 5) is 1.46. The van der Waals surface area contributed by atoms with E-state index in [4.69, 9.17) is 4.74 Å². The molecule has 0 spiro atoms. The minimum absolute atomic E-state index is 0.528. The van der Waals surface area contributed by atoms with Crippen LogP contribution in [0.5, 0.6) is 0 Å². The van der Waals surface area contributed by atoms with Crippen molar-refractivity contribution < 1.29 is 4.74 Å². The third-order valence-corrected chi connectivity index (χ3v) is 4.66. The van der Waals surface area contributed by atoms with Gasteiger partial charge in [-0.1, -0.05) is 13.0 Å². The molecule has 1 fully saturated rings. The highest BCUT2D eigenvalue weighted by Crippen LogP contribution is 2.25. The van der Waals surface area contributed by atoms with Crippen molar-refractivity contribution in [3.05, 3.63) is 22.4 Å². The molecular weight excluding hydrogens is 242 g/mol. The molecule has 102 valence electrons. The maximum atomic E-state index is 5.91. The summed E-state index contributed by atoms with van der Waals surface area (Å²) >= 11 is 1.84. The molecule has 2 rings (SSSR count). The number of hydrogen-bond acceptors (Lipinski definition) is 3. The molecule has 18 heavy (non-hydrogen) atoms. The lowest BCUT2D eigenvalue weighted by atomic mass is 9.89. The molecule has 1 aliphatic rings. The van der Waals surface area contributed by atoms with Gasteiger partial charge in [-0.05, 0) is 49.5 Å². The maximum Gasteiger partial charge on any atom is 0.0594 e. The molecule has 0 amide bonds. The highest BCUT2D eigenvalue weighted by molar-refractivity contribution is 7.09. The summed E-state index contributed by atoms with van der Waals surface area (Å²) in [5, 5.41) is 5.60. The minimum atomic E-state index is 0.528. The fourth-order valence-corrected chi connectivity index (χ4v) is 3.19. The first kappa shape index (κ1) is 14.0. The predicted octanol–water partition coefficient (Wildman–Crippen LogP) is 3.48. The van der Waals surface area contributed by atoms with Crippen molar-refractivity contribution in [2.75, 3.05) is 19.7 Å². The first-order valence-electron chi connectivity index (χ1n) is 7.19. The minimum Gasteiger partial charge on any atom is -0.377 e. The predicted molar refractivity (Wildman–Crippen MR) is 78.3 cm³/mol. The maximum absolute atomic E-state index is 5.91. The van der Waals surface area contributed by atoms with E-state index in [1.807, 2.05) is 11.3 Å². The molecule has 0 bridgehead atoms. The standard InChI is InChI=1S/C15H25NOS/c1-13-4-6-14(7-5-13)17-11-10-16-9-8-15-3-2-12-18-15/h2-3,12-14,16H,4-11H2,1H3. The topological polar surface area (TPSA) is 21.3 Å². The monoisotopic (exact) mass is 267 g/mol. The number of rotatable bonds is 7. The Labute approximate surface area is 115 Å². The van der Waals surface area contributed by atoms with Crippen LogP contribution in [0.3, 0.4) is 0 Å². The molecule has 1 saturated carbocycles. The van der Waals surface area contributed by atoms with E-state index in [9.17, 15) is 0 Å². The van der Waals surface area contributed by atoms with Crippen LogP contribution in [-0.4, -0.2) is 25.8 Å². The van der Waals surface area contributed by atoms with Crippen molar-refractivity contribution in [2.24, 2.45) is 5.92 Å². The molecule has 1 aliphatic carbocycles. The molecule has 3 heteroatoms. The summed E-state index contributed by atoms with van der Waals surface area (Å²) in [6, 6.07) is 4.32. The van der Waals surface area contributed by atoms with Crippen LogP contribution in [0.15, 0.2) is 17.5 Å². The second kappa shape index (κ2) is 7.93. The van der Waals surface area contributed by atoms with E-state index in [0.29, 0.717) is 6.10 Å². The summed E-state index contributed by atoms with van der Waals surface area (Å²) in [7, 11) is 0. The normalized spacial score (nSPS) is 24.3. The first-order chi connectivity index (χ1) is 8.84. The van der Waals surface area contributed by atoms with Crippen LogP contribution in [0.1, 0.15) is 37.5 Å². The summed E-state index contributed by atoms with van der Waals surface area (Å²) in [5.41, 5.74) is 0. The number of nitrogens with one attached hydrogen (secondary N) is 1. The number of ether oxygens (including phenoxy) is 1. The average Bonchev–Trinajstić information content (AvgIpc) is 2.89. The van der Waals surface area contributed by atoms with Crippen molar-refractivity contribution in [1.29, 1.82) is 0 Å². The Morgan fingerprint density at radius 2 is 2.11 bits per heavy atom. The SMILES string of the molecule is CC1CCC(OCCNCCc2cccs2)CC1. The average molecular weight is 267 g/mol. The van der Waals surface area contributed by atoms with E-state index < -0.39 is 0 Å². The third-order valence-electron chi connectivity index (χ3n) is 3.72. The lowest BCUT2D eigenvalue weighted by Gasteiger charge is -2.26. The quantitative estimate of drug-likeness (QED) is 0.764. The second-order valence-electron chi connectivity index (χ2n) is 5.33. The second-order valence-corrected chi connectivity index (χ2v) is 6.36. The molecule has 0 aliphatic heterocycles. The summed E-state index contributed by atoms with van der Waals surface area (Å²) < 4.78 is 5.91. The van der Waals surface area contributed by atoms with Gasteiger partial charge in [0.15, 0.2) is 0 Å². The smallest absolute Gasteiger partial charge is 0.0594 e. The van der Waals surface area contributed by atoms with Gasteiger partial charge in [0.25, 0.3) is 0 Å². The van der Waals surface area contributed by atoms with Gasteiger partial charge in [-0.2, -0.15) is 0 Å². The largest absolute Gasteiger partial charge is 0.377 e. The Morgan fingerprint density at radius 3 is 2.83 bits per heavy atom. The number of hydrogen-bond donors (Lipinski definition) is 1. The Morgan fingerprint density at radius 1 is 1.28 bits per heavy atom. The van der Waals surface area contributed by atoms with E-state index in [2.05, 4.69) is 29.8 Å². The van der Waals surface area contributed by atoms with Crippen LogP contribution in [-0.2, 0) is 11.2 Å². The van der Waals surface area contributed by atoms with E-state index in [1.165, 1.54) is 30.6 Å². The van der Waals surface area contributed by atoms with Gasteiger partial charge in [0.2, 0.25) is 0 Å². The highest BCUT2D eigenvalue weighted by Gasteiger charge is 2.17. The van der Waals surface area contributed by atoms with Crippen molar-refractivity contribution in [3.8, 4) is 0 Å². The van der Waals surface area contributed by atoms with E-state index in [0.717, 1.165) is 32.0 Å². The molecule has 1 N–H and O–H groups in total. The lowest BCUT2D eigenvalue weighted by molar-refractivity contribution is 0.0217. The molecule has 0 unspecified atom stereocenters. The van der Waals surface area contributed by atoms with Crippen LogP contribution in [0.4, 0.5) is 0 Å². The molecule has 1 aromatic heterocycles. The highest BCUT2D eigenvalue weighted by atomic mass is 32.1. The van der Waals surface area contributed by atoms with Gasteiger partial charge in [-0.3, -0.25) is 0 Å². The van der Waals surface area contributed by atoms with Crippen LogP contribution in [0, 0.1) is 5.92 Å². The van der Waals surface area contributed by atoms with Crippen LogP contribution >= 0.6 is 11.3 Å². The summed E-state index contributed by atoms with van der Waals surface area (Å²) in [6.45, 7) is 5.26. The van der Waals surface area contributed by atoms with Crippen molar-refractivity contribution in [3.63, 3.8) is 0 Å². The fourth-order valence-electron chi connectivity index (χ4n) is 2.49. The van der Waals surface area contributed by atoms with Crippen molar-refractivity contribution >= 4 is 11.3 Å². The molecular formula is C15H25NOS. The molecule has 1 heterocycles. The van der Waals surface area contributed by atoms with Crippen LogP contribution in [0.25, 0.3) is 0 Å². The Kier molecular flexibility index (Phi) is 6.18. The molecule has 1 aromatic rings. The Bertz CT molecular complexity index is 304.